The van der Waals surface area contributed by atoms with Gasteiger partial charge in [0.05, 0.1) is 13.2 Å². The number of aliphatic imine (C=N–C) groups is 1. The summed E-state index contributed by atoms with van der Waals surface area (Å²) in [5.74, 6) is 1.05. The molecule has 0 aliphatic carbocycles. The number of halogens is 3. The van der Waals surface area contributed by atoms with Crippen LogP contribution in [0.2, 0.25) is 0 Å². The Labute approximate surface area is 169 Å². The largest absolute Gasteiger partial charge is 0.433 e. The number of guanidine groups is 1. The fourth-order valence-corrected chi connectivity index (χ4v) is 3.07. The van der Waals surface area contributed by atoms with E-state index in [4.69, 9.17) is 4.74 Å². The lowest BCUT2D eigenvalue weighted by atomic mass is 10.0. The van der Waals surface area contributed by atoms with Crippen molar-refractivity contribution in [1.29, 1.82) is 0 Å². The number of hydrogen-bond acceptors (Lipinski definition) is 6. The van der Waals surface area contributed by atoms with Crippen molar-refractivity contribution in [2.75, 3.05) is 58.3 Å². The first-order valence-corrected chi connectivity index (χ1v) is 9.71. The van der Waals surface area contributed by atoms with E-state index in [-0.39, 0.29) is 5.95 Å². The minimum atomic E-state index is -4.49. The highest BCUT2D eigenvalue weighted by Gasteiger charge is 2.32. The average molecular weight is 417 g/mol. The Hall–Kier alpha value is -2.14. The predicted octanol–water partition coefficient (Wildman–Crippen LogP) is 1.43. The molecule has 0 aromatic carbocycles. The van der Waals surface area contributed by atoms with Crippen molar-refractivity contribution in [1.82, 2.24) is 25.5 Å². The Morgan fingerprint density at radius 3 is 2.59 bits per heavy atom. The highest BCUT2D eigenvalue weighted by molar-refractivity contribution is 5.79. The van der Waals surface area contributed by atoms with E-state index < -0.39 is 11.9 Å². The van der Waals surface area contributed by atoms with E-state index >= 15 is 0 Å². The lowest BCUT2D eigenvalue weighted by Gasteiger charge is -2.37. The van der Waals surface area contributed by atoms with Crippen LogP contribution in [0.4, 0.5) is 19.1 Å². The number of alkyl halides is 3. The fraction of sp³-hybridized carbons (Fsp3) is 0.722. The van der Waals surface area contributed by atoms with Crippen LogP contribution in [0.3, 0.4) is 0 Å². The van der Waals surface area contributed by atoms with Gasteiger partial charge in [0.2, 0.25) is 5.95 Å². The number of rotatable bonds is 8. The van der Waals surface area contributed by atoms with E-state index in [1.807, 2.05) is 0 Å². The molecule has 2 heterocycles. The standard InChI is InChI=1S/C18H30F3N7O/c1-13(2)14(28-8-10-29-11-9-28)12-26-16(22-3)24-6-7-25-17-23-5-4-15(27-17)18(19,20)21/h4-5,13-14H,6-12H2,1-3H3,(H2,22,24,26)(H,23,25,27). The summed E-state index contributed by atoms with van der Waals surface area (Å²) >= 11 is 0. The third kappa shape index (κ3) is 7.65. The lowest BCUT2D eigenvalue weighted by Crippen LogP contribution is -2.52. The molecule has 29 heavy (non-hydrogen) atoms. The van der Waals surface area contributed by atoms with Crippen molar-refractivity contribution >= 4 is 11.9 Å². The molecule has 2 rings (SSSR count). The lowest BCUT2D eigenvalue weighted by molar-refractivity contribution is -0.141. The molecule has 8 nitrogen and oxygen atoms in total. The summed E-state index contributed by atoms with van der Waals surface area (Å²) in [5.41, 5.74) is -0.969. The van der Waals surface area contributed by atoms with Crippen molar-refractivity contribution in [3.8, 4) is 0 Å². The third-order valence-corrected chi connectivity index (χ3v) is 4.63. The van der Waals surface area contributed by atoms with E-state index in [1.54, 1.807) is 7.05 Å². The second-order valence-electron chi connectivity index (χ2n) is 7.03. The number of morpholine rings is 1. The van der Waals surface area contributed by atoms with Gasteiger partial charge in [-0.1, -0.05) is 13.8 Å². The van der Waals surface area contributed by atoms with Crippen LogP contribution in [0.1, 0.15) is 19.5 Å². The van der Waals surface area contributed by atoms with Gasteiger partial charge in [0.25, 0.3) is 0 Å². The van der Waals surface area contributed by atoms with E-state index in [2.05, 4.69) is 49.7 Å². The Morgan fingerprint density at radius 2 is 1.97 bits per heavy atom. The SMILES string of the molecule is CN=C(NCCNc1nccc(C(F)(F)F)n1)NCC(C(C)C)N1CCOCC1. The topological polar surface area (TPSA) is 86.7 Å². The number of nitrogens with one attached hydrogen (secondary N) is 3. The Balaban J connectivity index is 1.76. The van der Waals surface area contributed by atoms with Gasteiger partial charge >= 0.3 is 6.18 Å². The quantitative estimate of drug-likeness (QED) is 0.335. The number of ether oxygens (including phenoxy) is 1. The minimum Gasteiger partial charge on any atom is -0.379 e. The molecule has 1 aliphatic heterocycles. The summed E-state index contributed by atoms with van der Waals surface area (Å²) < 4.78 is 43.5. The summed E-state index contributed by atoms with van der Waals surface area (Å²) in [6, 6.07) is 1.20. The first-order valence-electron chi connectivity index (χ1n) is 9.71. The van der Waals surface area contributed by atoms with Crippen LogP contribution in [0.5, 0.6) is 0 Å². The average Bonchev–Trinajstić information content (AvgIpc) is 2.70. The molecule has 1 aromatic rings. The molecule has 1 unspecified atom stereocenters. The maximum Gasteiger partial charge on any atom is 0.433 e. The van der Waals surface area contributed by atoms with Crippen molar-refractivity contribution in [3.63, 3.8) is 0 Å². The van der Waals surface area contributed by atoms with Gasteiger partial charge in [0, 0.05) is 52.0 Å². The molecule has 164 valence electrons. The van der Waals surface area contributed by atoms with Crippen molar-refractivity contribution < 1.29 is 17.9 Å². The summed E-state index contributed by atoms with van der Waals surface area (Å²) in [4.78, 5) is 13.9. The van der Waals surface area contributed by atoms with Crippen molar-refractivity contribution in [2.24, 2.45) is 10.9 Å². The molecule has 1 atom stereocenters. The van der Waals surface area contributed by atoms with Crippen LogP contribution >= 0.6 is 0 Å². The molecule has 0 saturated carbocycles. The van der Waals surface area contributed by atoms with Gasteiger partial charge in [-0.25, -0.2) is 9.97 Å². The van der Waals surface area contributed by atoms with E-state index in [0.29, 0.717) is 31.0 Å². The molecule has 11 heteroatoms. The first kappa shape index (κ1) is 23.1. The number of nitrogens with zero attached hydrogens (tertiary/aromatic N) is 4. The smallest absolute Gasteiger partial charge is 0.379 e. The second-order valence-corrected chi connectivity index (χ2v) is 7.03. The zero-order chi connectivity index (χ0) is 21.3. The van der Waals surface area contributed by atoms with Gasteiger partial charge < -0.3 is 20.7 Å². The maximum atomic E-state index is 12.7. The summed E-state index contributed by atoms with van der Waals surface area (Å²) in [6.45, 7) is 9.24. The molecular formula is C18H30F3N7O. The van der Waals surface area contributed by atoms with Crippen molar-refractivity contribution in [3.05, 3.63) is 18.0 Å². The summed E-state index contributed by atoms with van der Waals surface area (Å²) in [5, 5.41) is 9.24. The molecule has 1 aromatic heterocycles. The van der Waals surface area contributed by atoms with Gasteiger partial charge in [0.15, 0.2) is 5.96 Å². The van der Waals surface area contributed by atoms with E-state index in [0.717, 1.165) is 45.1 Å². The number of hydrogen-bond donors (Lipinski definition) is 3. The molecule has 0 bridgehead atoms. The van der Waals surface area contributed by atoms with Crippen LogP contribution in [-0.2, 0) is 10.9 Å². The van der Waals surface area contributed by atoms with Gasteiger partial charge in [-0.3, -0.25) is 9.89 Å². The normalized spacial score (nSPS) is 17.3. The molecule has 0 radical (unpaired) electrons. The Bertz CT molecular complexity index is 649. The van der Waals surface area contributed by atoms with Crippen LogP contribution < -0.4 is 16.0 Å². The molecule has 0 amide bonds. The predicted molar refractivity (Wildman–Crippen MR) is 106 cm³/mol. The summed E-state index contributed by atoms with van der Waals surface area (Å²) in [7, 11) is 1.68. The monoisotopic (exact) mass is 417 g/mol. The van der Waals surface area contributed by atoms with Gasteiger partial charge in [-0.15, -0.1) is 0 Å². The second kappa shape index (κ2) is 11.1. The maximum absolute atomic E-state index is 12.7. The molecular weight excluding hydrogens is 387 g/mol. The van der Waals surface area contributed by atoms with E-state index in [9.17, 15) is 13.2 Å². The Kier molecular flexibility index (Phi) is 8.90. The third-order valence-electron chi connectivity index (χ3n) is 4.63. The van der Waals surface area contributed by atoms with Gasteiger partial charge in [-0.05, 0) is 12.0 Å². The minimum absolute atomic E-state index is 0.0586. The van der Waals surface area contributed by atoms with Gasteiger partial charge in [-0.2, -0.15) is 13.2 Å². The molecule has 0 spiro atoms. The zero-order valence-corrected chi connectivity index (χ0v) is 17.1. The van der Waals surface area contributed by atoms with Crippen LogP contribution in [-0.4, -0.2) is 79.9 Å². The molecule has 1 fully saturated rings. The molecule has 1 saturated heterocycles. The fourth-order valence-electron chi connectivity index (χ4n) is 3.07. The zero-order valence-electron chi connectivity index (χ0n) is 17.1. The van der Waals surface area contributed by atoms with Crippen LogP contribution in [0.15, 0.2) is 17.3 Å². The first-order chi connectivity index (χ1) is 13.8. The number of aromatic nitrogens is 2. The van der Waals surface area contributed by atoms with E-state index in [1.165, 1.54) is 0 Å². The van der Waals surface area contributed by atoms with Crippen LogP contribution in [0, 0.1) is 5.92 Å². The number of anilines is 1. The molecule has 1 aliphatic rings. The highest BCUT2D eigenvalue weighted by atomic mass is 19.4. The summed E-state index contributed by atoms with van der Waals surface area (Å²) in [6.07, 6.45) is -3.40. The highest BCUT2D eigenvalue weighted by Crippen LogP contribution is 2.27. The van der Waals surface area contributed by atoms with Gasteiger partial charge in [0.1, 0.15) is 5.69 Å². The van der Waals surface area contributed by atoms with Crippen molar-refractivity contribution in [2.45, 2.75) is 26.1 Å². The molecule has 3 N–H and O–H groups in total. The van der Waals surface area contributed by atoms with Crippen LogP contribution in [0.25, 0.3) is 0 Å². The Morgan fingerprint density at radius 1 is 1.24 bits per heavy atom.